The molecule has 0 saturated carbocycles. The normalized spacial score (nSPS) is 23.8. The minimum Gasteiger partial charge on any atom is -0.376 e. The van der Waals surface area contributed by atoms with Gasteiger partial charge in [0.05, 0.1) is 0 Å². The van der Waals surface area contributed by atoms with Crippen LogP contribution in [0.25, 0.3) is 0 Å². The van der Waals surface area contributed by atoms with Crippen molar-refractivity contribution < 1.29 is 0 Å². The van der Waals surface area contributed by atoms with Gasteiger partial charge in [-0.2, -0.15) is 0 Å². The first kappa shape index (κ1) is 7.61. The van der Waals surface area contributed by atoms with E-state index in [1.807, 2.05) is 0 Å². The number of rotatable bonds is 1. The Morgan fingerprint density at radius 3 is 3.10 bits per heavy atom. The van der Waals surface area contributed by atoms with Crippen molar-refractivity contribution in [1.82, 2.24) is 10.2 Å². The molecule has 10 heavy (non-hydrogen) atoms. The van der Waals surface area contributed by atoms with Gasteiger partial charge < -0.3 is 10.2 Å². The van der Waals surface area contributed by atoms with Crippen LogP contribution in [0.15, 0.2) is 11.8 Å². The summed E-state index contributed by atoms with van der Waals surface area (Å²) in [5.74, 6) is 0. The summed E-state index contributed by atoms with van der Waals surface area (Å²) in [5, 5.41) is 3.34. The van der Waals surface area contributed by atoms with Gasteiger partial charge in [-0.05, 0) is 6.42 Å². The van der Waals surface area contributed by atoms with Crippen LogP contribution < -0.4 is 5.32 Å². The summed E-state index contributed by atoms with van der Waals surface area (Å²) >= 11 is 0. The molecule has 0 aromatic rings. The summed E-state index contributed by atoms with van der Waals surface area (Å²) in [6.07, 6.45) is 3.42. The second-order valence-corrected chi connectivity index (χ2v) is 2.70. The molecule has 0 radical (unpaired) electrons. The minimum atomic E-state index is 1.05. The molecule has 1 N–H and O–H groups in total. The van der Waals surface area contributed by atoms with Crippen molar-refractivity contribution in [2.45, 2.75) is 13.3 Å². The third kappa shape index (κ3) is 1.74. The molecule has 0 spiro atoms. The lowest BCUT2D eigenvalue weighted by atomic mass is 10.2. The van der Waals surface area contributed by atoms with Gasteiger partial charge in [-0.3, -0.25) is 0 Å². The van der Waals surface area contributed by atoms with Gasteiger partial charge in [0.15, 0.2) is 0 Å². The van der Waals surface area contributed by atoms with Crippen molar-refractivity contribution in [2.75, 3.05) is 26.7 Å². The quantitative estimate of drug-likeness (QED) is 0.580. The van der Waals surface area contributed by atoms with Crippen LogP contribution in [0.2, 0.25) is 0 Å². The van der Waals surface area contributed by atoms with E-state index in [2.05, 4.69) is 30.3 Å². The molecule has 2 heteroatoms. The van der Waals surface area contributed by atoms with Crippen molar-refractivity contribution >= 4 is 0 Å². The minimum absolute atomic E-state index is 1.05. The average molecular weight is 140 g/mol. The SMILES string of the molecule is CCC=C1CNCCN1C. The lowest BCUT2D eigenvalue weighted by Crippen LogP contribution is -2.39. The molecule has 0 aromatic carbocycles. The Morgan fingerprint density at radius 1 is 1.70 bits per heavy atom. The van der Waals surface area contributed by atoms with Crippen LogP contribution >= 0.6 is 0 Å². The molecule has 2 nitrogen and oxygen atoms in total. The van der Waals surface area contributed by atoms with Crippen molar-refractivity contribution in [2.24, 2.45) is 0 Å². The molecule has 1 saturated heterocycles. The molecule has 0 unspecified atom stereocenters. The summed E-state index contributed by atoms with van der Waals surface area (Å²) in [4.78, 5) is 2.32. The standard InChI is InChI=1S/C8H16N2/c1-3-4-8-7-9-5-6-10(8)2/h4,9H,3,5-7H2,1-2H3. The van der Waals surface area contributed by atoms with Crippen LogP contribution in [0, 0.1) is 0 Å². The molecule has 1 aliphatic rings. The van der Waals surface area contributed by atoms with E-state index in [0.29, 0.717) is 0 Å². The predicted octanol–water partition coefficient (Wildman–Crippen LogP) is 0.815. The van der Waals surface area contributed by atoms with E-state index in [9.17, 15) is 0 Å². The summed E-state index contributed by atoms with van der Waals surface area (Å²) in [7, 11) is 2.16. The van der Waals surface area contributed by atoms with Gasteiger partial charge in [-0.1, -0.05) is 13.0 Å². The smallest absolute Gasteiger partial charge is 0.0353 e. The largest absolute Gasteiger partial charge is 0.376 e. The second-order valence-electron chi connectivity index (χ2n) is 2.70. The zero-order valence-electron chi connectivity index (χ0n) is 6.85. The van der Waals surface area contributed by atoms with Crippen LogP contribution in [0.4, 0.5) is 0 Å². The predicted molar refractivity (Wildman–Crippen MR) is 43.9 cm³/mol. The third-order valence-electron chi connectivity index (χ3n) is 1.86. The number of hydrogen-bond donors (Lipinski definition) is 1. The maximum Gasteiger partial charge on any atom is 0.0353 e. The van der Waals surface area contributed by atoms with E-state index in [4.69, 9.17) is 0 Å². The maximum absolute atomic E-state index is 3.34. The van der Waals surface area contributed by atoms with E-state index in [-0.39, 0.29) is 0 Å². The first-order chi connectivity index (χ1) is 4.84. The summed E-state index contributed by atoms with van der Waals surface area (Å²) in [6.45, 7) is 5.49. The highest BCUT2D eigenvalue weighted by molar-refractivity contribution is 5.04. The highest BCUT2D eigenvalue weighted by Gasteiger charge is 2.07. The Morgan fingerprint density at radius 2 is 2.50 bits per heavy atom. The highest BCUT2D eigenvalue weighted by Crippen LogP contribution is 2.03. The molecule has 0 amide bonds. The van der Waals surface area contributed by atoms with Crippen LogP contribution in [0.1, 0.15) is 13.3 Å². The first-order valence-electron chi connectivity index (χ1n) is 3.95. The highest BCUT2D eigenvalue weighted by atomic mass is 15.2. The Labute approximate surface area is 62.9 Å². The van der Waals surface area contributed by atoms with Gasteiger partial charge in [-0.25, -0.2) is 0 Å². The molecule has 0 aliphatic carbocycles. The second kappa shape index (κ2) is 3.62. The molecule has 1 heterocycles. The lowest BCUT2D eigenvalue weighted by Gasteiger charge is -2.28. The number of piperazine rings is 1. The Kier molecular flexibility index (Phi) is 2.75. The molecular weight excluding hydrogens is 124 g/mol. The fraction of sp³-hybridized carbons (Fsp3) is 0.750. The molecular formula is C8H16N2. The molecule has 1 aliphatic heterocycles. The van der Waals surface area contributed by atoms with E-state index in [0.717, 1.165) is 26.1 Å². The van der Waals surface area contributed by atoms with Gasteiger partial charge in [0.2, 0.25) is 0 Å². The topological polar surface area (TPSA) is 15.3 Å². The van der Waals surface area contributed by atoms with E-state index < -0.39 is 0 Å². The van der Waals surface area contributed by atoms with Gasteiger partial charge in [0, 0.05) is 32.4 Å². The maximum atomic E-state index is 3.34. The summed E-state index contributed by atoms with van der Waals surface area (Å²) < 4.78 is 0. The van der Waals surface area contributed by atoms with E-state index in [1.54, 1.807) is 0 Å². The molecule has 0 bridgehead atoms. The Balaban J connectivity index is 2.47. The van der Waals surface area contributed by atoms with E-state index >= 15 is 0 Å². The van der Waals surface area contributed by atoms with Gasteiger partial charge in [-0.15, -0.1) is 0 Å². The van der Waals surface area contributed by atoms with Crippen molar-refractivity contribution in [3.8, 4) is 0 Å². The molecule has 0 atom stereocenters. The lowest BCUT2D eigenvalue weighted by molar-refractivity contribution is 0.356. The van der Waals surface area contributed by atoms with E-state index in [1.165, 1.54) is 5.70 Å². The molecule has 1 fully saturated rings. The monoisotopic (exact) mass is 140 g/mol. The third-order valence-corrected chi connectivity index (χ3v) is 1.86. The molecule has 58 valence electrons. The van der Waals surface area contributed by atoms with Crippen molar-refractivity contribution in [3.63, 3.8) is 0 Å². The summed E-state index contributed by atoms with van der Waals surface area (Å²) in [6, 6.07) is 0. The van der Waals surface area contributed by atoms with Gasteiger partial charge in [0.25, 0.3) is 0 Å². The van der Waals surface area contributed by atoms with Gasteiger partial charge >= 0.3 is 0 Å². The molecule has 1 rings (SSSR count). The zero-order chi connectivity index (χ0) is 7.40. The van der Waals surface area contributed by atoms with Crippen molar-refractivity contribution in [3.05, 3.63) is 11.8 Å². The number of hydrogen-bond acceptors (Lipinski definition) is 2. The number of nitrogens with one attached hydrogen (secondary N) is 1. The average Bonchev–Trinajstić information content (AvgIpc) is 1.94. The number of nitrogens with zero attached hydrogens (tertiary/aromatic N) is 1. The van der Waals surface area contributed by atoms with Gasteiger partial charge in [0.1, 0.15) is 0 Å². The summed E-state index contributed by atoms with van der Waals surface area (Å²) in [5.41, 5.74) is 1.44. The van der Waals surface area contributed by atoms with Crippen LogP contribution in [-0.4, -0.2) is 31.6 Å². The van der Waals surface area contributed by atoms with Crippen LogP contribution in [0.3, 0.4) is 0 Å². The fourth-order valence-corrected chi connectivity index (χ4v) is 1.21. The number of allylic oxidation sites excluding steroid dienone is 1. The fourth-order valence-electron chi connectivity index (χ4n) is 1.21. The number of likely N-dealkylation sites (N-methyl/N-ethyl adjacent to an activating group) is 1. The van der Waals surface area contributed by atoms with Crippen molar-refractivity contribution in [1.29, 1.82) is 0 Å². The first-order valence-corrected chi connectivity index (χ1v) is 3.95. The molecule has 0 aromatic heterocycles. The Bertz CT molecular complexity index is 129. The Hall–Kier alpha value is -0.500. The zero-order valence-corrected chi connectivity index (χ0v) is 6.85. The van der Waals surface area contributed by atoms with Crippen LogP contribution in [0.5, 0.6) is 0 Å². The van der Waals surface area contributed by atoms with Crippen LogP contribution in [-0.2, 0) is 0 Å².